The van der Waals surface area contributed by atoms with Crippen LogP contribution in [0, 0.1) is 0 Å². The molecule has 0 bridgehead atoms. The van der Waals surface area contributed by atoms with Gasteiger partial charge in [-0.2, -0.15) is 5.10 Å². The van der Waals surface area contributed by atoms with Gasteiger partial charge in [0, 0.05) is 11.4 Å². The van der Waals surface area contributed by atoms with Crippen molar-refractivity contribution in [1.29, 1.82) is 0 Å². The molecule has 2 N–H and O–H groups in total. The fourth-order valence-corrected chi connectivity index (χ4v) is 3.57. The third kappa shape index (κ3) is 6.14. The van der Waals surface area contributed by atoms with Crippen LogP contribution in [-0.2, 0) is 16.0 Å². The van der Waals surface area contributed by atoms with Gasteiger partial charge in [-0.15, -0.1) is 0 Å². The molecule has 5 heteroatoms. The van der Waals surface area contributed by atoms with Crippen molar-refractivity contribution in [2.45, 2.75) is 19.8 Å². The van der Waals surface area contributed by atoms with Crippen molar-refractivity contribution in [3.63, 3.8) is 0 Å². The molecule has 4 aromatic carbocycles. The van der Waals surface area contributed by atoms with Crippen LogP contribution in [0.1, 0.15) is 18.9 Å². The van der Waals surface area contributed by atoms with Crippen LogP contribution in [0.4, 0.5) is 5.69 Å². The van der Waals surface area contributed by atoms with E-state index in [1.807, 2.05) is 84.9 Å². The molecule has 2 amide bonds. The summed E-state index contributed by atoms with van der Waals surface area (Å²) in [5, 5.41) is 9.13. The Labute approximate surface area is 193 Å². The standard InChI is InChI=1S/C28H25N3O2/c1-20(17-27(32)29-26-16-15-23-9-5-6-10-25(23)19-26)30-31-28(33)18-21-11-13-24(14-12-21)22-7-3-2-4-8-22/h2-16,19H,17-18H2,1H3,(H,29,32)(H,31,33)/b30-20+. The summed E-state index contributed by atoms with van der Waals surface area (Å²) in [6.07, 6.45) is 0.314. The van der Waals surface area contributed by atoms with E-state index in [2.05, 4.69) is 28.0 Å². The molecule has 0 saturated heterocycles. The number of nitrogens with zero attached hydrogens (tertiary/aromatic N) is 1. The predicted octanol–water partition coefficient (Wildman–Crippen LogP) is 5.57. The van der Waals surface area contributed by atoms with Crippen LogP contribution in [0.2, 0.25) is 0 Å². The quantitative estimate of drug-likeness (QED) is 0.294. The van der Waals surface area contributed by atoms with Gasteiger partial charge in [-0.05, 0) is 46.5 Å². The molecular weight excluding hydrogens is 410 g/mol. The van der Waals surface area contributed by atoms with Gasteiger partial charge in [0.15, 0.2) is 0 Å². The highest BCUT2D eigenvalue weighted by molar-refractivity contribution is 6.06. The van der Waals surface area contributed by atoms with Gasteiger partial charge < -0.3 is 5.32 Å². The number of hydrogen-bond donors (Lipinski definition) is 2. The number of rotatable bonds is 7. The smallest absolute Gasteiger partial charge is 0.244 e. The fraction of sp³-hybridized carbons (Fsp3) is 0.107. The molecule has 0 fully saturated rings. The Kier molecular flexibility index (Phi) is 6.90. The second-order valence-corrected chi connectivity index (χ2v) is 7.91. The highest BCUT2D eigenvalue weighted by Crippen LogP contribution is 2.20. The van der Waals surface area contributed by atoms with E-state index in [9.17, 15) is 9.59 Å². The molecule has 4 aromatic rings. The van der Waals surface area contributed by atoms with Gasteiger partial charge in [0.05, 0.1) is 12.8 Å². The van der Waals surface area contributed by atoms with Gasteiger partial charge in [0.25, 0.3) is 0 Å². The van der Waals surface area contributed by atoms with Crippen LogP contribution >= 0.6 is 0 Å². The number of fused-ring (bicyclic) bond motifs is 1. The van der Waals surface area contributed by atoms with Crippen molar-refractivity contribution >= 4 is 34.0 Å². The molecule has 0 aromatic heterocycles. The van der Waals surface area contributed by atoms with Crippen molar-refractivity contribution in [3.8, 4) is 11.1 Å². The molecule has 5 nitrogen and oxygen atoms in total. The normalized spacial score (nSPS) is 11.2. The first kappa shape index (κ1) is 22.0. The molecular formula is C28H25N3O2. The molecule has 164 valence electrons. The lowest BCUT2D eigenvalue weighted by Crippen LogP contribution is -2.22. The van der Waals surface area contributed by atoms with Gasteiger partial charge >= 0.3 is 0 Å². The molecule has 0 saturated carbocycles. The average Bonchev–Trinajstić information content (AvgIpc) is 2.83. The highest BCUT2D eigenvalue weighted by atomic mass is 16.2. The number of hydrogen-bond acceptors (Lipinski definition) is 3. The number of hydrazone groups is 1. The number of carbonyl (C=O) groups is 2. The summed E-state index contributed by atoms with van der Waals surface area (Å²) in [5.41, 5.74) is 6.93. The lowest BCUT2D eigenvalue weighted by molar-refractivity contribution is -0.120. The summed E-state index contributed by atoms with van der Waals surface area (Å²) >= 11 is 0. The van der Waals surface area contributed by atoms with E-state index >= 15 is 0 Å². The van der Waals surface area contributed by atoms with Gasteiger partial charge in [0.1, 0.15) is 0 Å². The molecule has 0 unspecified atom stereocenters. The zero-order valence-corrected chi connectivity index (χ0v) is 18.4. The van der Waals surface area contributed by atoms with E-state index in [0.29, 0.717) is 5.71 Å². The third-order valence-corrected chi connectivity index (χ3v) is 5.25. The minimum Gasteiger partial charge on any atom is -0.326 e. The van der Waals surface area contributed by atoms with Gasteiger partial charge in [0.2, 0.25) is 11.8 Å². The van der Waals surface area contributed by atoms with Crippen LogP contribution < -0.4 is 10.7 Å². The lowest BCUT2D eigenvalue weighted by Gasteiger charge is -2.07. The van der Waals surface area contributed by atoms with Crippen molar-refractivity contribution in [1.82, 2.24) is 5.43 Å². The van der Waals surface area contributed by atoms with Crippen LogP contribution in [0.25, 0.3) is 21.9 Å². The van der Waals surface area contributed by atoms with E-state index < -0.39 is 0 Å². The number of anilines is 1. The van der Waals surface area contributed by atoms with E-state index in [0.717, 1.165) is 33.2 Å². The first-order valence-corrected chi connectivity index (χ1v) is 10.8. The summed E-state index contributed by atoms with van der Waals surface area (Å²) in [5.74, 6) is -0.408. The number of nitrogens with one attached hydrogen (secondary N) is 2. The van der Waals surface area contributed by atoms with Crippen LogP contribution in [0.5, 0.6) is 0 Å². The molecule has 33 heavy (non-hydrogen) atoms. The molecule has 4 rings (SSSR count). The Bertz CT molecular complexity index is 1300. The van der Waals surface area contributed by atoms with E-state index in [-0.39, 0.29) is 24.7 Å². The number of amides is 2. The molecule has 0 aliphatic carbocycles. The first-order chi connectivity index (χ1) is 16.1. The Hall–Kier alpha value is -4.25. The zero-order chi connectivity index (χ0) is 23.0. The van der Waals surface area contributed by atoms with E-state index in [4.69, 9.17) is 0 Å². The second-order valence-electron chi connectivity index (χ2n) is 7.91. The Morgan fingerprint density at radius 2 is 1.39 bits per heavy atom. The minimum absolute atomic E-state index is 0.0961. The SMILES string of the molecule is C/C(CC(=O)Nc1ccc2ccccc2c1)=N\NC(=O)Cc1ccc(-c2ccccc2)cc1. The highest BCUT2D eigenvalue weighted by Gasteiger charge is 2.07. The maximum absolute atomic E-state index is 12.3. The monoisotopic (exact) mass is 435 g/mol. The van der Waals surface area contributed by atoms with Crippen LogP contribution in [0.15, 0.2) is 102 Å². The second kappa shape index (κ2) is 10.4. The summed E-state index contributed by atoms with van der Waals surface area (Å²) in [4.78, 5) is 24.6. The van der Waals surface area contributed by atoms with Crippen molar-refractivity contribution in [2.24, 2.45) is 5.10 Å². The Balaban J connectivity index is 1.27. The van der Waals surface area contributed by atoms with Crippen LogP contribution in [-0.4, -0.2) is 17.5 Å². The maximum atomic E-state index is 12.3. The average molecular weight is 436 g/mol. The third-order valence-electron chi connectivity index (χ3n) is 5.25. The summed E-state index contributed by atoms with van der Waals surface area (Å²) < 4.78 is 0. The summed E-state index contributed by atoms with van der Waals surface area (Å²) in [6, 6.07) is 31.7. The van der Waals surface area contributed by atoms with Gasteiger partial charge in [-0.3, -0.25) is 9.59 Å². The largest absolute Gasteiger partial charge is 0.326 e. The summed E-state index contributed by atoms with van der Waals surface area (Å²) in [6.45, 7) is 1.72. The molecule has 0 atom stereocenters. The molecule has 0 heterocycles. The lowest BCUT2D eigenvalue weighted by atomic mass is 10.0. The van der Waals surface area contributed by atoms with E-state index in [1.165, 1.54) is 0 Å². The number of carbonyl (C=O) groups excluding carboxylic acids is 2. The molecule has 0 radical (unpaired) electrons. The maximum Gasteiger partial charge on any atom is 0.244 e. The number of benzene rings is 4. The Morgan fingerprint density at radius 1 is 0.727 bits per heavy atom. The fourth-order valence-electron chi connectivity index (χ4n) is 3.57. The predicted molar refractivity (Wildman–Crippen MR) is 134 cm³/mol. The topological polar surface area (TPSA) is 70.6 Å². The van der Waals surface area contributed by atoms with Crippen molar-refractivity contribution < 1.29 is 9.59 Å². The van der Waals surface area contributed by atoms with Crippen molar-refractivity contribution in [2.75, 3.05) is 5.32 Å². The first-order valence-electron chi connectivity index (χ1n) is 10.8. The molecule has 0 spiro atoms. The Morgan fingerprint density at radius 3 is 2.15 bits per heavy atom. The van der Waals surface area contributed by atoms with Gasteiger partial charge in [-0.1, -0.05) is 84.9 Å². The van der Waals surface area contributed by atoms with Gasteiger partial charge in [-0.25, -0.2) is 5.43 Å². The molecule has 0 aliphatic rings. The summed E-state index contributed by atoms with van der Waals surface area (Å²) in [7, 11) is 0. The minimum atomic E-state index is -0.225. The zero-order valence-electron chi connectivity index (χ0n) is 18.4. The van der Waals surface area contributed by atoms with Crippen molar-refractivity contribution in [3.05, 3.63) is 103 Å². The molecule has 0 aliphatic heterocycles. The van der Waals surface area contributed by atoms with E-state index in [1.54, 1.807) is 6.92 Å². The van der Waals surface area contributed by atoms with Crippen LogP contribution in [0.3, 0.4) is 0 Å².